The van der Waals surface area contributed by atoms with Crippen molar-refractivity contribution in [1.29, 1.82) is 0 Å². The highest BCUT2D eigenvalue weighted by Crippen LogP contribution is 2.50. The SMILES string of the molecule is CC(=O)O[C@@H]1C(=O)N(C2C=CCC3C2=CCC2=C4C=CC=CC4C=CC23)[C@H]1c1ccccc1. The van der Waals surface area contributed by atoms with Crippen LogP contribution in [0.3, 0.4) is 0 Å². The zero-order valence-corrected chi connectivity index (χ0v) is 18.6. The summed E-state index contributed by atoms with van der Waals surface area (Å²) in [4.78, 5) is 26.9. The molecular formula is C29H27NO3. The van der Waals surface area contributed by atoms with E-state index in [1.807, 2.05) is 35.2 Å². The molecule has 33 heavy (non-hydrogen) atoms. The molecule has 4 aliphatic carbocycles. The number of hydrogen-bond acceptors (Lipinski definition) is 3. The summed E-state index contributed by atoms with van der Waals surface area (Å²) in [5, 5.41) is 0. The molecule has 1 aromatic rings. The monoisotopic (exact) mass is 437 g/mol. The minimum atomic E-state index is -0.755. The van der Waals surface area contributed by atoms with Crippen LogP contribution in [0.5, 0.6) is 0 Å². The number of esters is 1. The quantitative estimate of drug-likeness (QED) is 0.380. The Hall–Kier alpha value is -3.40. The fraction of sp³-hybridized carbons (Fsp3) is 0.310. The van der Waals surface area contributed by atoms with Crippen LogP contribution < -0.4 is 0 Å². The molecule has 0 spiro atoms. The number of hydrogen-bond donors (Lipinski definition) is 0. The molecular weight excluding hydrogens is 410 g/mol. The highest BCUT2D eigenvalue weighted by atomic mass is 16.6. The Morgan fingerprint density at radius 1 is 1.06 bits per heavy atom. The molecule has 1 amide bonds. The maximum atomic E-state index is 13.3. The number of amides is 1. The first-order valence-corrected chi connectivity index (χ1v) is 11.8. The fourth-order valence-corrected chi connectivity index (χ4v) is 6.23. The van der Waals surface area contributed by atoms with Crippen molar-refractivity contribution in [2.45, 2.75) is 38.0 Å². The number of nitrogens with zero attached hydrogens (tertiary/aromatic N) is 1. The van der Waals surface area contributed by atoms with Crippen molar-refractivity contribution in [1.82, 2.24) is 4.90 Å². The van der Waals surface area contributed by atoms with Gasteiger partial charge in [0.2, 0.25) is 6.10 Å². The van der Waals surface area contributed by atoms with Gasteiger partial charge in [0.05, 0.1) is 6.04 Å². The number of likely N-dealkylation sites (tertiary alicyclic amines) is 1. The average Bonchev–Trinajstić information content (AvgIpc) is 2.85. The molecule has 6 atom stereocenters. The van der Waals surface area contributed by atoms with E-state index < -0.39 is 12.1 Å². The maximum absolute atomic E-state index is 13.3. The largest absolute Gasteiger partial charge is 0.450 e. The van der Waals surface area contributed by atoms with E-state index >= 15 is 0 Å². The van der Waals surface area contributed by atoms with E-state index in [0.717, 1.165) is 18.4 Å². The zero-order chi connectivity index (χ0) is 22.5. The van der Waals surface area contributed by atoms with Crippen molar-refractivity contribution >= 4 is 11.9 Å². The lowest BCUT2D eigenvalue weighted by Crippen LogP contribution is -2.64. The highest BCUT2D eigenvalue weighted by Gasteiger charge is 2.54. The lowest BCUT2D eigenvalue weighted by Gasteiger charge is -2.53. The fourth-order valence-electron chi connectivity index (χ4n) is 6.23. The van der Waals surface area contributed by atoms with Gasteiger partial charge in [-0.3, -0.25) is 9.59 Å². The van der Waals surface area contributed by atoms with E-state index in [4.69, 9.17) is 4.74 Å². The number of carbonyl (C=O) groups is 2. The second-order valence-corrected chi connectivity index (χ2v) is 9.42. The van der Waals surface area contributed by atoms with Crippen LogP contribution >= 0.6 is 0 Å². The van der Waals surface area contributed by atoms with Gasteiger partial charge in [-0.25, -0.2) is 0 Å². The highest BCUT2D eigenvalue weighted by molar-refractivity contribution is 5.91. The van der Waals surface area contributed by atoms with Crippen molar-refractivity contribution in [3.05, 3.63) is 107 Å². The number of allylic oxidation sites excluding steroid dienone is 10. The number of ether oxygens (including phenoxy) is 1. The van der Waals surface area contributed by atoms with Crippen molar-refractivity contribution in [2.24, 2.45) is 17.8 Å². The summed E-state index contributed by atoms with van der Waals surface area (Å²) in [6, 6.07) is 9.54. The molecule has 4 unspecified atom stereocenters. The first-order valence-electron chi connectivity index (χ1n) is 11.8. The third kappa shape index (κ3) is 3.19. The Kier molecular flexibility index (Phi) is 4.83. The normalized spacial score (nSPS) is 33.7. The Morgan fingerprint density at radius 3 is 2.73 bits per heavy atom. The minimum Gasteiger partial charge on any atom is -0.450 e. The lowest BCUT2D eigenvalue weighted by atomic mass is 9.64. The predicted molar refractivity (Wildman–Crippen MR) is 127 cm³/mol. The number of β-lactam (4-membered cyclic amide) rings is 1. The first-order chi connectivity index (χ1) is 16.1. The van der Waals surface area contributed by atoms with Gasteiger partial charge < -0.3 is 9.64 Å². The molecule has 1 aliphatic heterocycles. The number of rotatable bonds is 3. The summed E-state index contributed by atoms with van der Waals surface area (Å²) in [5.74, 6) is 0.574. The Morgan fingerprint density at radius 2 is 1.91 bits per heavy atom. The van der Waals surface area contributed by atoms with Gasteiger partial charge in [0.15, 0.2) is 0 Å². The summed E-state index contributed by atoms with van der Waals surface area (Å²) in [6.45, 7) is 1.37. The lowest BCUT2D eigenvalue weighted by molar-refractivity contribution is -0.184. The van der Waals surface area contributed by atoms with E-state index in [1.165, 1.54) is 23.6 Å². The average molecular weight is 438 g/mol. The Labute approximate surface area is 194 Å². The molecule has 1 saturated heterocycles. The molecule has 166 valence electrons. The molecule has 6 rings (SSSR count). The molecule has 0 N–H and O–H groups in total. The number of carbonyl (C=O) groups excluding carboxylic acids is 2. The summed E-state index contributed by atoms with van der Waals surface area (Å²) in [6.07, 6.45) is 21.4. The molecule has 4 nitrogen and oxygen atoms in total. The minimum absolute atomic E-state index is 0.104. The third-order valence-electron chi connectivity index (χ3n) is 7.65. The molecule has 0 saturated carbocycles. The predicted octanol–water partition coefficient (Wildman–Crippen LogP) is 5.00. The smallest absolute Gasteiger partial charge is 0.303 e. The van der Waals surface area contributed by atoms with E-state index in [2.05, 4.69) is 54.7 Å². The number of benzene rings is 1. The van der Waals surface area contributed by atoms with Crippen LogP contribution in [0.25, 0.3) is 0 Å². The van der Waals surface area contributed by atoms with Gasteiger partial charge in [0, 0.05) is 18.8 Å². The number of fused-ring (bicyclic) bond motifs is 4. The molecule has 1 fully saturated rings. The Balaban J connectivity index is 1.36. The van der Waals surface area contributed by atoms with Gasteiger partial charge in [0.1, 0.15) is 6.04 Å². The van der Waals surface area contributed by atoms with E-state index in [-0.39, 0.29) is 18.0 Å². The van der Waals surface area contributed by atoms with Gasteiger partial charge >= 0.3 is 5.97 Å². The van der Waals surface area contributed by atoms with Crippen LogP contribution in [0.15, 0.2) is 102 Å². The van der Waals surface area contributed by atoms with Gasteiger partial charge in [-0.1, -0.05) is 90.6 Å². The van der Waals surface area contributed by atoms with Crippen molar-refractivity contribution in [2.75, 3.05) is 0 Å². The summed E-state index contributed by atoms with van der Waals surface area (Å²) >= 11 is 0. The molecule has 5 aliphatic rings. The summed E-state index contributed by atoms with van der Waals surface area (Å²) < 4.78 is 5.46. The molecule has 1 aromatic carbocycles. The standard InChI is InChI=1S/C29H27NO3/c1-18(31)33-28-27(20-9-3-2-4-10-20)30(29(28)32)26-13-7-12-22-24-15-14-19-8-5-6-11-21(19)23(24)16-17-25(22)26/h2-11,13-15,17,19,22,24,26-28H,12,16H2,1H3/t19?,22?,24?,26?,27-,28-/m0/s1. The first kappa shape index (κ1) is 20.2. The van der Waals surface area contributed by atoms with Crippen molar-refractivity contribution in [3.63, 3.8) is 0 Å². The second kappa shape index (κ2) is 7.87. The molecule has 0 aromatic heterocycles. The van der Waals surface area contributed by atoms with Gasteiger partial charge in [-0.15, -0.1) is 0 Å². The van der Waals surface area contributed by atoms with Crippen molar-refractivity contribution < 1.29 is 14.3 Å². The van der Waals surface area contributed by atoms with Crippen LogP contribution in [0.2, 0.25) is 0 Å². The van der Waals surface area contributed by atoms with Gasteiger partial charge in [-0.2, -0.15) is 0 Å². The molecule has 4 heteroatoms. The third-order valence-corrected chi connectivity index (χ3v) is 7.65. The van der Waals surface area contributed by atoms with E-state index in [0.29, 0.717) is 17.8 Å². The molecule has 1 heterocycles. The summed E-state index contributed by atoms with van der Waals surface area (Å²) in [7, 11) is 0. The van der Waals surface area contributed by atoms with Crippen LogP contribution in [0, 0.1) is 17.8 Å². The van der Waals surface area contributed by atoms with E-state index in [9.17, 15) is 9.59 Å². The topological polar surface area (TPSA) is 46.6 Å². The molecule has 0 bridgehead atoms. The van der Waals surface area contributed by atoms with Gasteiger partial charge in [-0.05, 0) is 35.5 Å². The summed E-state index contributed by atoms with van der Waals surface area (Å²) in [5.41, 5.74) is 5.26. The van der Waals surface area contributed by atoms with Crippen LogP contribution in [0.4, 0.5) is 0 Å². The second-order valence-electron chi connectivity index (χ2n) is 9.42. The Bertz CT molecular complexity index is 1180. The van der Waals surface area contributed by atoms with Crippen LogP contribution in [-0.2, 0) is 14.3 Å². The van der Waals surface area contributed by atoms with Gasteiger partial charge in [0.25, 0.3) is 5.91 Å². The van der Waals surface area contributed by atoms with Crippen molar-refractivity contribution in [3.8, 4) is 0 Å². The zero-order valence-electron chi connectivity index (χ0n) is 18.6. The van der Waals surface area contributed by atoms with E-state index in [1.54, 1.807) is 0 Å². The van der Waals surface area contributed by atoms with Crippen LogP contribution in [0.1, 0.15) is 31.4 Å². The van der Waals surface area contributed by atoms with Crippen LogP contribution in [-0.4, -0.2) is 28.9 Å². The molecule has 0 radical (unpaired) electrons. The maximum Gasteiger partial charge on any atom is 0.303 e.